The lowest BCUT2D eigenvalue weighted by Gasteiger charge is -2.25. The zero-order valence-corrected chi connectivity index (χ0v) is 16.0. The molecule has 1 saturated carbocycles. The maximum atomic E-state index is 12.0. The van der Waals surface area contributed by atoms with E-state index in [1.165, 1.54) is 0 Å². The number of hydrogen-bond donors (Lipinski definition) is 3. The summed E-state index contributed by atoms with van der Waals surface area (Å²) in [5.74, 6) is -0.00936. The molecule has 1 fully saturated rings. The van der Waals surface area contributed by atoms with Crippen molar-refractivity contribution in [1.29, 1.82) is 0 Å². The highest BCUT2D eigenvalue weighted by atomic mass is 16.6. The van der Waals surface area contributed by atoms with E-state index in [0.717, 1.165) is 0 Å². The van der Waals surface area contributed by atoms with Gasteiger partial charge >= 0.3 is 12.2 Å². The number of hydrogen-bond acceptors (Lipinski definition) is 6. The number of guanidine groups is 1. The van der Waals surface area contributed by atoms with Crippen LogP contribution in [0.2, 0.25) is 0 Å². The zero-order valence-electron chi connectivity index (χ0n) is 16.0. The van der Waals surface area contributed by atoms with E-state index in [0.29, 0.717) is 25.7 Å². The van der Waals surface area contributed by atoms with E-state index in [9.17, 15) is 14.7 Å². The third-order valence-corrected chi connectivity index (χ3v) is 3.22. The van der Waals surface area contributed by atoms with Crippen LogP contribution >= 0.6 is 0 Å². The van der Waals surface area contributed by atoms with Gasteiger partial charge in [0, 0.05) is 0 Å². The van der Waals surface area contributed by atoms with Crippen LogP contribution in [0.3, 0.4) is 0 Å². The number of aliphatic hydroxyl groups is 1. The van der Waals surface area contributed by atoms with Crippen LogP contribution in [0.5, 0.6) is 0 Å². The minimum Gasteiger partial charge on any atom is -0.444 e. The summed E-state index contributed by atoms with van der Waals surface area (Å²) in [6.07, 6.45) is 0.900. The number of carbonyl (C=O) groups excluding carboxylic acids is 2. The average molecular weight is 357 g/mol. The maximum Gasteiger partial charge on any atom is 0.414 e. The average Bonchev–Trinajstić information content (AvgIpc) is 2.36. The van der Waals surface area contributed by atoms with Crippen molar-refractivity contribution in [2.45, 2.75) is 90.6 Å². The summed E-state index contributed by atoms with van der Waals surface area (Å²) in [5.41, 5.74) is -1.34. The van der Waals surface area contributed by atoms with Crippen LogP contribution in [0, 0.1) is 0 Å². The Morgan fingerprint density at radius 1 is 0.880 bits per heavy atom. The lowest BCUT2D eigenvalue weighted by molar-refractivity contribution is 0.0544. The molecule has 0 aromatic rings. The molecule has 1 rings (SSSR count). The van der Waals surface area contributed by atoms with Gasteiger partial charge in [0.15, 0.2) is 0 Å². The number of ether oxygens (including phenoxy) is 2. The second kappa shape index (κ2) is 8.51. The van der Waals surface area contributed by atoms with Crippen molar-refractivity contribution in [2.75, 3.05) is 0 Å². The van der Waals surface area contributed by atoms with Gasteiger partial charge < -0.3 is 14.6 Å². The molecule has 1 aliphatic carbocycles. The molecule has 0 aromatic heterocycles. The van der Waals surface area contributed by atoms with Gasteiger partial charge in [-0.05, 0) is 67.2 Å². The first kappa shape index (κ1) is 21.2. The van der Waals surface area contributed by atoms with Crippen molar-refractivity contribution in [3.63, 3.8) is 0 Å². The van der Waals surface area contributed by atoms with Gasteiger partial charge in [0.1, 0.15) is 11.2 Å². The molecule has 0 atom stereocenters. The first-order chi connectivity index (χ1) is 11.3. The number of nitrogens with zero attached hydrogens (tertiary/aromatic N) is 1. The molecule has 0 radical (unpaired) electrons. The highest BCUT2D eigenvalue weighted by Crippen LogP contribution is 2.21. The molecule has 8 nitrogen and oxygen atoms in total. The van der Waals surface area contributed by atoms with Gasteiger partial charge in [-0.1, -0.05) is 0 Å². The van der Waals surface area contributed by atoms with Gasteiger partial charge in [0.2, 0.25) is 5.96 Å². The Hall–Kier alpha value is -1.83. The van der Waals surface area contributed by atoms with E-state index >= 15 is 0 Å². The van der Waals surface area contributed by atoms with E-state index in [2.05, 4.69) is 15.6 Å². The molecule has 0 unspecified atom stereocenters. The lowest BCUT2D eigenvalue weighted by atomic mass is 9.94. The second-order valence-corrected chi connectivity index (χ2v) is 8.19. The molecule has 25 heavy (non-hydrogen) atoms. The minimum absolute atomic E-state index is 0.00936. The van der Waals surface area contributed by atoms with Gasteiger partial charge in [0.05, 0.1) is 12.1 Å². The molecule has 0 aromatic carbocycles. The SMILES string of the molecule is CC(C)(C)OC(=O)NC(=NC1CCC(O)CC1)NC(=O)OC(C)(C)C. The van der Waals surface area contributed by atoms with Crippen LogP contribution < -0.4 is 10.6 Å². The van der Waals surface area contributed by atoms with E-state index < -0.39 is 23.4 Å². The standard InChI is InChI=1S/C17H31N3O5/c1-16(2,3)24-14(22)19-13(20-15(23)25-17(4,5)6)18-11-7-9-12(21)10-8-11/h11-12,21H,7-10H2,1-6H3,(H2,18,19,20,22,23). The Bertz CT molecular complexity index is 465. The molecule has 144 valence electrons. The molecule has 8 heteroatoms. The molecule has 0 aliphatic heterocycles. The molecule has 1 aliphatic rings. The second-order valence-electron chi connectivity index (χ2n) is 8.19. The Morgan fingerprint density at radius 3 is 1.64 bits per heavy atom. The first-order valence-electron chi connectivity index (χ1n) is 8.60. The predicted molar refractivity (Wildman–Crippen MR) is 94.4 cm³/mol. The quantitative estimate of drug-likeness (QED) is 0.494. The molecule has 0 heterocycles. The molecule has 0 saturated heterocycles. The van der Waals surface area contributed by atoms with E-state index in [1.807, 2.05) is 0 Å². The fourth-order valence-corrected chi connectivity index (χ4v) is 2.27. The van der Waals surface area contributed by atoms with Gasteiger partial charge in [-0.15, -0.1) is 0 Å². The molecule has 0 bridgehead atoms. The topological polar surface area (TPSA) is 109 Å². The van der Waals surface area contributed by atoms with Crippen LogP contribution in [-0.4, -0.2) is 46.6 Å². The van der Waals surface area contributed by atoms with Crippen molar-refractivity contribution >= 4 is 18.1 Å². The zero-order chi connectivity index (χ0) is 19.3. The summed E-state index contributed by atoms with van der Waals surface area (Å²) in [5, 5.41) is 14.5. The summed E-state index contributed by atoms with van der Waals surface area (Å²) in [6, 6.07) is -0.0942. The van der Waals surface area contributed by atoms with Crippen LogP contribution in [0.1, 0.15) is 67.2 Å². The number of nitrogens with one attached hydrogen (secondary N) is 2. The molecular formula is C17H31N3O5. The molecule has 0 spiro atoms. The fraction of sp³-hybridized carbons (Fsp3) is 0.824. The van der Waals surface area contributed by atoms with Crippen molar-refractivity contribution < 1.29 is 24.2 Å². The van der Waals surface area contributed by atoms with Crippen LogP contribution in [0.25, 0.3) is 0 Å². The van der Waals surface area contributed by atoms with E-state index in [1.54, 1.807) is 41.5 Å². The predicted octanol–water partition coefficient (Wildman–Crippen LogP) is 2.70. The van der Waals surface area contributed by atoms with E-state index in [4.69, 9.17) is 9.47 Å². The lowest BCUT2D eigenvalue weighted by Crippen LogP contribution is -2.47. The summed E-state index contributed by atoms with van der Waals surface area (Å²) < 4.78 is 10.4. The summed E-state index contributed by atoms with van der Waals surface area (Å²) in [6.45, 7) is 10.5. The number of rotatable bonds is 1. The minimum atomic E-state index is -0.710. The number of aliphatic hydroxyl groups excluding tert-OH is 1. The monoisotopic (exact) mass is 357 g/mol. The Morgan fingerprint density at radius 2 is 1.28 bits per heavy atom. The molecule has 3 N–H and O–H groups in total. The number of carbonyl (C=O) groups is 2. The molecule has 2 amide bonds. The Labute approximate surface area is 149 Å². The highest BCUT2D eigenvalue weighted by Gasteiger charge is 2.24. The van der Waals surface area contributed by atoms with Gasteiger partial charge in [0.25, 0.3) is 0 Å². The smallest absolute Gasteiger partial charge is 0.414 e. The Balaban J connectivity index is 2.78. The first-order valence-corrected chi connectivity index (χ1v) is 8.60. The van der Waals surface area contributed by atoms with Crippen molar-refractivity contribution in [2.24, 2.45) is 4.99 Å². The fourth-order valence-electron chi connectivity index (χ4n) is 2.27. The number of amides is 2. The van der Waals surface area contributed by atoms with Crippen molar-refractivity contribution in [3.05, 3.63) is 0 Å². The number of aliphatic imine (C=N–C) groups is 1. The largest absolute Gasteiger partial charge is 0.444 e. The third kappa shape index (κ3) is 9.91. The van der Waals surface area contributed by atoms with Gasteiger partial charge in [-0.2, -0.15) is 0 Å². The van der Waals surface area contributed by atoms with Crippen LogP contribution in [0.15, 0.2) is 4.99 Å². The summed E-state index contributed by atoms with van der Waals surface area (Å²) in [4.78, 5) is 28.4. The van der Waals surface area contributed by atoms with Crippen LogP contribution in [-0.2, 0) is 9.47 Å². The molecular weight excluding hydrogens is 326 g/mol. The van der Waals surface area contributed by atoms with Gasteiger partial charge in [-0.25, -0.2) is 14.6 Å². The normalized spacial score (nSPS) is 21.1. The highest BCUT2D eigenvalue weighted by molar-refractivity contribution is 6.01. The summed E-state index contributed by atoms with van der Waals surface area (Å²) in [7, 11) is 0. The van der Waals surface area contributed by atoms with E-state index in [-0.39, 0.29) is 18.1 Å². The third-order valence-electron chi connectivity index (χ3n) is 3.22. The van der Waals surface area contributed by atoms with Crippen LogP contribution in [0.4, 0.5) is 9.59 Å². The summed E-state index contributed by atoms with van der Waals surface area (Å²) >= 11 is 0. The van der Waals surface area contributed by atoms with Gasteiger partial charge in [-0.3, -0.25) is 10.6 Å². The maximum absolute atomic E-state index is 12.0. The number of alkyl carbamates (subject to hydrolysis) is 2. The Kier molecular flexibility index (Phi) is 7.22. The van der Waals surface area contributed by atoms with Crippen molar-refractivity contribution in [1.82, 2.24) is 10.6 Å². The van der Waals surface area contributed by atoms with Crippen molar-refractivity contribution in [3.8, 4) is 0 Å².